The van der Waals surface area contributed by atoms with E-state index in [1.807, 2.05) is 0 Å². The predicted octanol–water partition coefficient (Wildman–Crippen LogP) is 0.337. The maximum absolute atomic E-state index is 12.2. The quantitative estimate of drug-likeness (QED) is 0.693. The molecule has 0 unspecified atom stereocenters. The highest BCUT2D eigenvalue weighted by Gasteiger charge is 2.53. The van der Waals surface area contributed by atoms with Gasteiger partial charge in [-0.25, -0.2) is 13.1 Å². The van der Waals surface area contributed by atoms with Crippen LogP contribution in [-0.2, 0) is 16.6 Å². The lowest BCUT2D eigenvalue weighted by Crippen LogP contribution is -2.32. The molecule has 0 bridgehead atoms. The molecule has 0 radical (unpaired) electrons. The monoisotopic (exact) mass is 270 g/mol. The fraction of sp³-hybridized carbons (Fsp3) is 0.727. The van der Waals surface area contributed by atoms with Gasteiger partial charge in [0.1, 0.15) is 0 Å². The number of aromatic nitrogens is 2. The van der Waals surface area contributed by atoms with Crippen LogP contribution < -0.4 is 10.5 Å². The van der Waals surface area contributed by atoms with E-state index in [0.717, 1.165) is 18.8 Å². The van der Waals surface area contributed by atoms with E-state index in [-0.39, 0.29) is 17.0 Å². The summed E-state index contributed by atoms with van der Waals surface area (Å²) in [6, 6.07) is 0. The van der Waals surface area contributed by atoms with Gasteiger partial charge in [-0.2, -0.15) is 5.10 Å². The van der Waals surface area contributed by atoms with E-state index in [2.05, 4.69) is 14.9 Å². The average Bonchev–Trinajstić information content (AvgIpc) is 3.23. The minimum atomic E-state index is -3.51. The fourth-order valence-corrected chi connectivity index (χ4v) is 3.85. The van der Waals surface area contributed by atoms with Gasteiger partial charge in [-0.05, 0) is 37.0 Å². The van der Waals surface area contributed by atoms with Crippen molar-refractivity contribution in [2.24, 2.45) is 17.1 Å². The largest absolute Gasteiger partial charge is 0.326 e. The van der Waals surface area contributed by atoms with Crippen molar-refractivity contribution < 1.29 is 8.42 Å². The molecule has 0 atom stereocenters. The lowest BCUT2D eigenvalue weighted by atomic mass is 10.0. The molecule has 18 heavy (non-hydrogen) atoms. The van der Waals surface area contributed by atoms with E-state index < -0.39 is 10.0 Å². The van der Waals surface area contributed by atoms with Gasteiger partial charge >= 0.3 is 0 Å². The Morgan fingerprint density at radius 2 is 2.22 bits per heavy atom. The first-order chi connectivity index (χ1) is 8.57. The number of nitrogens with zero attached hydrogens (tertiary/aromatic N) is 1. The van der Waals surface area contributed by atoms with Crippen molar-refractivity contribution in [3.8, 4) is 0 Å². The second-order valence-corrected chi connectivity index (χ2v) is 7.09. The van der Waals surface area contributed by atoms with Crippen LogP contribution in [0.25, 0.3) is 0 Å². The second kappa shape index (κ2) is 4.04. The molecule has 2 aliphatic carbocycles. The topological polar surface area (TPSA) is 101 Å². The van der Waals surface area contributed by atoms with Gasteiger partial charge in [0, 0.05) is 18.7 Å². The van der Waals surface area contributed by atoms with Gasteiger partial charge in [0.2, 0.25) is 0 Å². The molecular formula is C11H18N4O2S. The van der Waals surface area contributed by atoms with Crippen molar-refractivity contribution in [3.63, 3.8) is 0 Å². The molecular weight excluding hydrogens is 252 g/mol. The van der Waals surface area contributed by atoms with Crippen LogP contribution in [0.15, 0.2) is 11.2 Å². The molecule has 2 saturated carbocycles. The van der Waals surface area contributed by atoms with E-state index in [4.69, 9.17) is 5.73 Å². The molecule has 1 heterocycles. The number of hydrogen-bond acceptors (Lipinski definition) is 4. The Balaban J connectivity index is 1.71. The summed E-state index contributed by atoms with van der Waals surface area (Å²) in [5.74, 6) is 0.732. The summed E-state index contributed by atoms with van der Waals surface area (Å²) >= 11 is 0. The molecule has 0 amide bonds. The summed E-state index contributed by atoms with van der Waals surface area (Å²) in [7, 11) is -3.51. The average molecular weight is 270 g/mol. The third kappa shape index (κ3) is 2.06. The number of sulfonamides is 1. The summed E-state index contributed by atoms with van der Waals surface area (Å²) in [5.41, 5.74) is 6.26. The standard InChI is InChI=1S/C11H18N4O2S/c12-5-8-6-13-15-10(8)18(16,17)14-7-11(3-4-11)9-1-2-9/h6,9,14H,1-5,7,12H2,(H,13,15). The molecule has 7 heteroatoms. The van der Waals surface area contributed by atoms with Crippen molar-refractivity contribution >= 4 is 10.0 Å². The minimum Gasteiger partial charge on any atom is -0.326 e. The molecule has 1 aromatic rings. The number of rotatable bonds is 6. The van der Waals surface area contributed by atoms with Gasteiger partial charge in [-0.15, -0.1) is 0 Å². The number of nitrogens with one attached hydrogen (secondary N) is 2. The summed E-state index contributed by atoms with van der Waals surface area (Å²) in [4.78, 5) is 0. The normalized spacial score (nSPS) is 22.1. The van der Waals surface area contributed by atoms with Crippen LogP contribution in [0.3, 0.4) is 0 Å². The maximum Gasteiger partial charge on any atom is 0.257 e. The fourth-order valence-electron chi connectivity index (χ4n) is 2.57. The summed E-state index contributed by atoms with van der Waals surface area (Å²) < 4.78 is 27.0. The Labute approximate surface area is 106 Å². The van der Waals surface area contributed by atoms with Gasteiger partial charge in [0.05, 0.1) is 6.20 Å². The lowest BCUT2D eigenvalue weighted by molar-refractivity contribution is 0.431. The van der Waals surface area contributed by atoms with Crippen LogP contribution in [0.5, 0.6) is 0 Å². The highest BCUT2D eigenvalue weighted by Crippen LogP contribution is 2.60. The third-order valence-corrected chi connectivity index (χ3v) is 5.53. The van der Waals surface area contributed by atoms with Crippen molar-refractivity contribution in [1.29, 1.82) is 0 Å². The number of nitrogens with two attached hydrogens (primary N) is 1. The Bertz CT molecular complexity index is 543. The number of aromatic amines is 1. The lowest BCUT2D eigenvalue weighted by Gasteiger charge is -2.14. The summed E-state index contributed by atoms with van der Waals surface area (Å²) in [5, 5.41) is 6.37. The van der Waals surface area contributed by atoms with E-state index >= 15 is 0 Å². The molecule has 4 N–H and O–H groups in total. The van der Waals surface area contributed by atoms with Crippen LogP contribution in [-0.4, -0.2) is 25.2 Å². The van der Waals surface area contributed by atoms with E-state index in [1.165, 1.54) is 19.0 Å². The molecule has 1 aromatic heterocycles. The Morgan fingerprint density at radius 3 is 2.78 bits per heavy atom. The minimum absolute atomic E-state index is 0.108. The van der Waals surface area contributed by atoms with Crippen LogP contribution in [0, 0.1) is 11.3 Å². The van der Waals surface area contributed by atoms with Crippen LogP contribution in [0.4, 0.5) is 0 Å². The van der Waals surface area contributed by atoms with Crippen molar-refractivity contribution in [2.45, 2.75) is 37.3 Å². The third-order valence-electron chi connectivity index (χ3n) is 4.12. The Hall–Kier alpha value is -0.920. The number of hydrogen-bond donors (Lipinski definition) is 3. The van der Waals surface area contributed by atoms with Crippen molar-refractivity contribution in [1.82, 2.24) is 14.9 Å². The molecule has 0 aromatic carbocycles. The van der Waals surface area contributed by atoms with Crippen LogP contribution in [0.1, 0.15) is 31.2 Å². The van der Waals surface area contributed by atoms with Crippen molar-refractivity contribution in [3.05, 3.63) is 11.8 Å². The Kier molecular flexibility index (Phi) is 2.72. The first-order valence-corrected chi connectivity index (χ1v) is 7.78. The van der Waals surface area contributed by atoms with Gasteiger partial charge in [-0.3, -0.25) is 5.10 Å². The van der Waals surface area contributed by atoms with Gasteiger partial charge < -0.3 is 5.73 Å². The molecule has 0 saturated heterocycles. The molecule has 2 aliphatic rings. The Morgan fingerprint density at radius 1 is 1.50 bits per heavy atom. The molecule has 6 nitrogen and oxygen atoms in total. The smallest absolute Gasteiger partial charge is 0.257 e. The van der Waals surface area contributed by atoms with E-state index in [9.17, 15) is 8.42 Å². The zero-order valence-electron chi connectivity index (χ0n) is 10.1. The molecule has 0 spiro atoms. The van der Waals surface area contributed by atoms with Crippen LogP contribution in [0.2, 0.25) is 0 Å². The van der Waals surface area contributed by atoms with Gasteiger partial charge in [-0.1, -0.05) is 0 Å². The van der Waals surface area contributed by atoms with Gasteiger partial charge in [0.15, 0.2) is 5.03 Å². The predicted molar refractivity (Wildman–Crippen MR) is 66.1 cm³/mol. The summed E-state index contributed by atoms with van der Waals surface area (Å²) in [6.45, 7) is 0.712. The first kappa shape index (κ1) is 12.1. The number of H-pyrrole nitrogens is 1. The molecule has 100 valence electrons. The second-order valence-electron chi connectivity index (χ2n) is 5.39. The molecule has 3 rings (SSSR count). The SMILES string of the molecule is NCc1cn[nH]c1S(=O)(=O)NCC1(C2CC2)CC1. The zero-order chi connectivity index (χ0) is 12.8. The van der Waals surface area contributed by atoms with Gasteiger partial charge in [0.25, 0.3) is 10.0 Å². The first-order valence-electron chi connectivity index (χ1n) is 6.29. The molecule has 2 fully saturated rings. The molecule has 0 aliphatic heterocycles. The van der Waals surface area contributed by atoms with E-state index in [1.54, 1.807) is 0 Å². The zero-order valence-corrected chi connectivity index (χ0v) is 11.0. The van der Waals surface area contributed by atoms with Crippen LogP contribution >= 0.6 is 0 Å². The van der Waals surface area contributed by atoms with E-state index in [0.29, 0.717) is 12.1 Å². The maximum atomic E-state index is 12.2. The highest BCUT2D eigenvalue weighted by atomic mass is 32.2. The van der Waals surface area contributed by atoms with Crippen molar-refractivity contribution in [2.75, 3.05) is 6.54 Å². The highest BCUT2D eigenvalue weighted by molar-refractivity contribution is 7.89. The summed E-state index contributed by atoms with van der Waals surface area (Å²) in [6.07, 6.45) is 6.25.